The third kappa shape index (κ3) is 8.14. The van der Waals surface area contributed by atoms with Gasteiger partial charge in [0.15, 0.2) is 5.96 Å². The molecule has 0 aliphatic rings. The van der Waals surface area contributed by atoms with Gasteiger partial charge in [-0.2, -0.15) is 11.8 Å². The van der Waals surface area contributed by atoms with Gasteiger partial charge in [0.25, 0.3) is 0 Å². The molecule has 5 nitrogen and oxygen atoms in total. The summed E-state index contributed by atoms with van der Waals surface area (Å²) in [5.41, 5.74) is 0.960. The molecular formula is C16H27N3O2S. The molecular weight excluding hydrogens is 298 g/mol. The summed E-state index contributed by atoms with van der Waals surface area (Å²) in [5.74, 6) is 2.77. The van der Waals surface area contributed by atoms with Crippen molar-refractivity contribution in [2.75, 3.05) is 51.2 Å². The van der Waals surface area contributed by atoms with Crippen molar-refractivity contribution in [2.45, 2.75) is 12.8 Å². The van der Waals surface area contributed by atoms with Crippen LogP contribution in [0, 0.1) is 0 Å². The Bertz CT molecular complexity index is 441. The second-order valence-corrected chi connectivity index (χ2v) is 5.68. The maximum Gasteiger partial charge on any atom is 0.195 e. The lowest BCUT2D eigenvalue weighted by molar-refractivity contribution is 0.172. The molecule has 0 aromatic heterocycles. The first-order valence-electron chi connectivity index (χ1n) is 7.48. The fourth-order valence-corrected chi connectivity index (χ4v) is 2.23. The van der Waals surface area contributed by atoms with Crippen molar-refractivity contribution in [3.63, 3.8) is 0 Å². The minimum atomic E-state index is 0.652. The van der Waals surface area contributed by atoms with E-state index in [1.54, 1.807) is 14.2 Å². The molecule has 1 aromatic carbocycles. The van der Waals surface area contributed by atoms with Crippen LogP contribution in [0.2, 0.25) is 0 Å². The first-order chi connectivity index (χ1) is 10.8. The molecule has 0 spiro atoms. The summed E-state index contributed by atoms with van der Waals surface area (Å²) in [6, 6.07) is 7.89. The van der Waals surface area contributed by atoms with Gasteiger partial charge < -0.3 is 20.1 Å². The van der Waals surface area contributed by atoms with Crippen molar-refractivity contribution in [3.8, 4) is 5.75 Å². The zero-order chi connectivity index (χ0) is 16.0. The quantitative estimate of drug-likeness (QED) is 0.393. The zero-order valence-corrected chi connectivity index (χ0v) is 14.5. The highest BCUT2D eigenvalue weighted by Gasteiger charge is 2.01. The smallest absolute Gasteiger partial charge is 0.195 e. The molecule has 0 unspecified atom stereocenters. The fraction of sp³-hybridized carbons (Fsp3) is 0.562. The van der Waals surface area contributed by atoms with Gasteiger partial charge in [-0.1, -0.05) is 6.07 Å². The second kappa shape index (κ2) is 12.2. The molecule has 2 N–H and O–H groups in total. The Morgan fingerprint density at radius 3 is 2.86 bits per heavy atom. The Hall–Kier alpha value is -1.40. The molecule has 0 bridgehead atoms. The van der Waals surface area contributed by atoms with Gasteiger partial charge in [0, 0.05) is 45.5 Å². The number of nitrogens with one attached hydrogen (secondary N) is 2. The van der Waals surface area contributed by atoms with Crippen molar-refractivity contribution < 1.29 is 9.47 Å². The summed E-state index contributed by atoms with van der Waals surface area (Å²) in [6.45, 7) is 2.28. The molecule has 0 saturated heterocycles. The molecule has 0 atom stereocenters. The molecule has 0 saturated carbocycles. The number of ether oxygens (including phenoxy) is 2. The normalized spacial score (nSPS) is 11.3. The summed E-state index contributed by atoms with van der Waals surface area (Å²) in [4.78, 5) is 4.23. The summed E-state index contributed by atoms with van der Waals surface area (Å²) >= 11 is 1.85. The lowest BCUT2D eigenvalue weighted by Gasteiger charge is -2.13. The van der Waals surface area contributed by atoms with Crippen LogP contribution in [0.25, 0.3) is 0 Å². The van der Waals surface area contributed by atoms with Crippen molar-refractivity contribution >= 4 is 23.4 Å². The van der Waals surface area contributed by atoms with Crippen LogP contribution in [0.3, 0.4) is 0 Å². The monoisotopic (exact) mass is 325 g/mol. The van der Waals surface area contributed by atoms with Crippen molar-refractivity contribution in [1.29, 1.82) is 0 Å². The lowest BCUT2D eigenvalue weighted by Crippen LogP contribution is -2.31. The number of hydrogen-bond acceptors (Lipinski definition) is 4. The van der Waals surface area contributed by atoms with E-state index < -0.39 is 0 Å². The number of hydrogen-bond donors (Lipinski definition) is 2. The third-order valence-corrected chi connectivity index (χ3v) is 3.60. The lowest BCUT2D eigenvalue weighted by atomic mass is 10.3. The largest absolute Gasteiger partial charge is 0.493 e. The molecule has 0 radical (unpaired) electrons. The van der Waals surface area contributed by atoms with Crippen LogP contribution in [0.1, 0.15) is 12.8 Å². The van der Waals surface area contributed by atoms with E-state index in [2.05, 4.69) is 21.9 Å². The topological polar surface area (TPSA) is 54.9 Å². The highest BCUT2D eigenvalue weighted by molar-refractivity contribution is 7.98. The number of thioether (sulfide) groups is 1. The molecule has 0 aliphatic carbocycles. The Balaban J connectivity index is 2.43. The second-order valence-electron chi connectivity index (χ2n) is 4.69. The molecule has 0 amide bonds. The zero-order valence-electron chi connectivity index (χ0n) is 13.7. The highest BCUT2D eigenvalue weighted by atomic mass is 32.2. The van der Waals surface area contributed by atoms with E-state index in [1.165, 1.54) is 0 Å². The molecule has 0 aliphatic heterocycles. The fourth-order valence-electron chi connectivity index (χ4n) is 1.80. The maximum atomic E-state index is 5.69. The van der Waals surface area contributed by atoms with Gasteiger partial charge in [0.05, 0.1) is 6.61 Å². The van der Waals surface area contributed by atoms with Crippen LogP contribution >= 0.6 is 11.8 Å². The van der Waals surface area contributed by atoms with Crippen molar-refractivity contribution in [1.82, 2.24) is 5.32 Å². The van der Waals surface area contributed by atoms with Crippen LogP contribution in [-0.2, 0) is 4.74 Å². The van der Waals surface area contributed by atoms with Crippen LogP contribution in [-0.4, -0.2) is 51.9 Å². The van der Waals surface area contributed by atoms with Gasteiger partial charge in [0.1, 0.15) is 5.75 Å². The van der Waals surface area contributed by atoms with Crippen LogP contribution in [0.5, 0.6) is 5.75 Å². The standard InChI is InChI=1S/C16H27N3O2S/c1-17-16(18-9-5-12-22-3)19-14-7-4-8-15(13-14)21-11-6-10-20-2/h4,7-8,13H,5-6,9-12H2,1-3H3,(H2,17,18,19). The summed E-state index contributed by atoms with van der Waals surface area (Å²) in [6.07, 6.45) is 4.11. The summed E-state index contributed by atoms with van der Waals surface area (Å²) in [7, 11) is 3.47. The van der Waals surface area contributed by atoms with E-state index in [-0.39, 0.29) is 0 Å². The van der Waals surface area contributed by atoms with Gasteiger partial charge in [-0.3, -0.25) is 4.99 Å². The van der Waals surface area contributed by atoms with Gasteiger partial charge in [0.2, 0.25) is 0 Å². The predicted molar refractivity (Wildman–Crippen MR) is 96.4 cm³/mol. The van der Waals surface area contributed by atoms with E-state index in [0.29, 0.717) is 13.2 Å². The van der Waals surface area contributed by atoms with Gasteiger partial charge in [-0.15, -0.1) is 0 Å². The highest BCUT2D eigenvalue weighted by Crippen LogP contribution is 2.17. The first kappa shape index (κ1) is 18.6. The van der Waals surface area contributed by atoms with E-state index in [9.17, 15) is 0 Å². The Morgan fingerprint density at radius 1 is 1.27 bits per heavy atom. The van der Waals surface area contributed by atoms with E-state index in [1.807, 2.05) is 36.0 Å². The minimum absolute atomic E-state index is 0.652. The first-order valence-corrected chi connectivity index (χ1v) is 8.88. The number of rotatable bonds is 10. The molecule has 0 fully saturated rings. The molecule has 6 heteroatoms. The van der Waals surface area contributed by atoms with Crippen LogP contribution in [0.4, 0.5) is 5.69 Å². The predicted octanol–water partition coefficient (Wildman–Crippen LogP) is 2.84. The van der Waals surface area contributed by atoms with Gasteiger partial charge in [-0.05, 0) is 30.6 Å². The number of nitrogens with zero attached hydrogens (tertiary/aromatic N) is 1. The average molecular weight is 325 g/mol. The summed E-state index contributed by atoms with van der Waals surface area (Å²) in [5, 5.41) is 6.58. The number of aliphatic imine (C=N–C) groups is 1. The Labute approximate surface area is 137 Å². The Morgan fingerprint density at radius 2 is 2.14 bits per heavy atom. The van der Waals surface area contributed by atoms with Gasteiger partial charge >= 0.3 is 0 Å². The third-order valence-electron chi connectivity index (χ3n) is 2.90. The van der Waals surface area contributed by atoms with E-state index in [4.69, 9.17) is 9.47 Å². The molecule has 1 rings (SSSR count). The van der Waals surface area contributed by atoms with Crippen molar-refractivity contribution in [3.05, 3.63) is 24.3 Å². The maximum absolute atomic E-state index is 5.69. The molecule has 22 heavy (non-hydrogen) atoms. The number of benzene rings is 1. The SMILES string of the molecule is CN=C(NCCCSC)Nc1cccc(OCCCOC)c1. The molecule has 1 aromatic rings. The molecule has 124 valence electrons. The van der Waals surface area contributed by atoms with Gasteiger partial charge in [-0.25, -0.2) is 0 Å². The average Bonchev–Trinajstić information content (AvgIpc) is 2.55. The number of guanidine groups is 1. The number of anilines is 1. The van der Waals surface area contributed by atoms with E-state index >= 15 is 0 Å². The Kier molecular flexibility index (Phi) is 10.3. The minimum Gasteiger partial charge on any atom is -0.493 e. The van der Waals surface area contributed by atoms with Crippen LogP contribution < -0.4 is 15.4 Å². The van der Waals surface area contributed by atoms with E-state index in [0.717, 1.165) is 42.5 Å². The number of methoxy groups -OCH3 is 1. The summed E-state index contributed by atoms with van der Waals surface area (Å²) < 4.78 is 10.7. The molecule has 0 heterocycles. The van der Waals surface area contributed by atoms with Crippen molar-refractivity contribution in [2.24, 2.45) is 4.99 Å². The van der Waals surface area contributed by atoms with Crippen LogP contribution in [0.15, 0.2) is 29.3 Å².